The quantitative estimate of drug-likeness (QED) is 0.703. The monoisotopic (exact) mass is 265 g/mol. The standard InChI is InChI=1S/C13H11N7/c1-19(9-11-4-2-10(8-14)3-5-11)13-7-6-12-15-17-18-20(12)16-13/h2-7H,9H2,1H3. The molecule has 0 spiro atoms. The van der Waals surface area contributed by atoms with Gasteiger partial charge in [0.25, 0.3) is 0 Å². The minimum absolute atomic E-state index is 0.612. The summed E-state index contributed by atoms with van der Waals surface area (Å²) in [4.78, 5) is 1.99. The SMILES string of the molecule is CN(Cc1ccc(C#N)cc1)c1ccc2nnnn2n1. The highest BCUT2D eigenvalue weighted by Gasteiger charge is 2.06. The molecule has 0 amide bonds. The number of nitriles is 1. The molecule has 3 rings (SSSR count). The highest BCUT2D eigenvalue weighted by Crippen LogP contribution is 2.13. The number of aromatic nitrogens is 5. The molecule has 0 atom stereocenters. The second-order valence-electron chi connectivity index (χ2n) is 4.38. The molecule has 3 aromatic rings. The highest BCUT2D eigenvalue weighted by molar-refractivity contribution is 5.44. The van der Waals surface area contributed by atoms with E-state index >= 15 is 0 Å². The maximum Gasteiger partial charge on any atom is 0.200 e. The molecular formula is C13H11N7. The number of fused-ring (bicyclic) bond motifs is 1. The third-order valence-corrected chi connectivity index (χ3v) is 2.95. The fourth-order valence-electron chi connectivity index (χ4n) is 1.88. The number of hydrogen-bond donors (Lipinski definition) is 0. The Bertz CT molecular complexity index is 769. The molecule has 0 N–H and O–H groups in total. The van der Waals surface area contributed by atoms with E-state index in [0.29, 0.717) is 17.8 Å². The lowest BCUT2D eigenvalue weighted by Gasteiger charge is -2.17. The molecular weight excluding hydrogens is 254 g/mol. The van der Waals surface area contributed by atoms with Crippen LogP contribution in [0, 0.1) is 11.3 Å². The molecule has 0 aliphatic rings. The predicted molar refractivity (Wildman–Crippen MR) is 71.8 cm³/mol. The summed E-state index contributed by atoms with van der Waals surface area (Å²) >= 11 is 0. The fourth-order valence-corrected chi connectivity index (χ4v) is 1.88. The summed E-state index contributed by atoms with van der Waals surface area (Å²) in [6, 6.07) is 13.3. The molecule has 1 aromatic carbocycles. The minimum atomic E-state index is 0.612. The average molecular weight is 265 g/mol. The maximum absolute atomic E-state index is 8.78. The topological polar surface area (TPSA) is 83.0 Å². The van der Waals surface area contributed by atoms with Crippen LogP contribution in [0.3, 0.4) is 0 Å². The lowest BCUT2D eigenvalue weighted by molar-refractivity contribution is 0.720. The lowest BCUT2D eigenvalue weighted by Crippen LogP contribution is -2.18. The van der Waals surface area contributed by atoms with Crippen molar-refractivity contribution >= 4 is 11.5 Å². The van der Waals surface area contributed by atoms with Crippen molar-refractivity contribution in [3.8, 4) is 6.07 Å². The minimum Gasteiger partial charge on any atom is -0.354 e. The van der Waals surface area contributed by atoms with E-state index in [0.717, 1.165) is 11.4 Å². The second-order valence-corrected chi connectivity index (χ2v) is 4.38. The number of anilines is 1. The number of tetrazole rings is 1. The Hall–Kier alpha value is -3.01. The van der Waals surface area contributed by atoms with E-state index < -0.39 is 0 Å². The maximum atomic E-state index is 8.78. The molecule has 0 saturated heterocycles. The summed E-state index contributed by atoms with van der Waals surface area (Å²) in [6.07, 6.45) is 0. The number of nitrogens with zero attached hydrogens (tertiary/aromatic N) is 7. The van der Waals surface area contributed by atoms with E-state index in [1.807, 2.05) is 36.2 Å². The first-order valence-electron chi connectivity index (χ1n) is 6.02. The molecule has 2 heterocycles. The van der Waals surface area contributed by atoms with E-state index in [4.69, 9.17) is 5.26 Å². The summed E-state index contributed by atoms with van der Waals surface area (Å²) in [7, 11) is 1.94. The van der Waals surface area contributed by atoms with Gasteiger partial charge in [0.05, 0.1) is 11.6 Å². The molecule has 7 heteroatoms. The first-order chi connectivity index (χ1) is 9.76. The Kier molecular flexibility index (Phi) is 2.97. The Balaban J connectivity index is 1.80. The van der Waals surface area contributed by atoms with Crippen molar-refractivity contribution < 1.29 is 0 Å². The molecule has 0 fully saturated rings. The van der Waals surface area contributed by atoms with Gasteiger partial charge in [-0.3, -0.25) is 0 Å². The molecule has 0 radical (unpaired) electrons. The molecule has 0 unspecified atom stereocenters. The molecule has 0 bridgehead atoms. The van der Waals surface area contributed by atoms with Crippen LogP contribution in [0.2, 0.25) is 0 Å². The smallest absolute Gasteiger partial charge is 0.200 e. The van der Waals surface area contributed by atoms with E-state index in [1.165, 1.54) is 4.63 Å². The zero-order valence-electron chi connectivity index (χ0n) is 10.8. The van der Waals surface area contributed by atoms with Crippen LogP contribution in [-0.2, 0) is 6.54 Å². The van der Waals surface area contributed by atoms with E-state index in [2.05, 4.69) is 26.7 Å². The van der Waals surface area contributed by atoms with Crippen LogP contribution in [-0.4, -0.2) is 32.3 Å². The first kappa shape index (κ1) is 12.0. The number of hydrogen-bond acceptors (Lipinski definition) is 6. The highest BCUT2D eigenvalue weighted by atomic mass is 15.6. The van der Waals surface area contributed by atoms with E-state index in [9.17, 15) is 0 Å². The van der Waals surface area contributed by atoms with Gasteiger partial charge in [0.2, 0.25) is 0 Å². The van der Waals surface area contributed by atoms with Crippen molar-refractivity contribution in [1.29, 1.82) is 5.26 Å². The summed E-state index contributed by atoms with van der Waals surface area (Å²) < 4.78 is 1.39. The molecule has 20 heavy (non-hydrogen) atoms. The lowest BCUT2D eigenvalue weighted by atomic mass is 10.1. The Morgan fingerprint density at radius 1 is 1.20 bits per heavy atom. The van der Waals surface area contributed by atoms with Gasteiger partial charge in [-0.2, -0.15) is 5.26 Å². The molecule has 7 nitrogen and oxygen atoms in total. The summed E-state index contributed by atoms with van der Waals surface area (Å²) in [5.41, 5.74) is 2.37. The van der Waals surface area contributed by atoms with Gasteiger partial charge in [-0.05, 0) is 40.3 Å². The van der Waals surface area contributed by atoms with Gasteiger partial charge < -0.3 is 4.90 Å². The summed E-state index contributed by atoms with van der Waals surface area (Å²) in [5.74, 6) is 0.772. The zero-order chi connectivity index (χ0) is 13.9. The van der Waals surface area contributed by atoms with Crippen molar-refractivity contribution in [2.45, 2.75) is 6.54 Å². The van der Waals surface area contributed by atoms with Crippen LogP contribution in [0.4, 0.5) is 5.82 Å². The fraction of sp³-hybridized carbons (Fsp3) is 0.154. The molecule has 0 aliphatic carbocycles. The van der Waals surface area contributed by atoms with Crippen LogP contribution in [0.25, 0.3) is 5.65 Å². The van der Waals surface area contributed by atoms with Crippen molar-refractivity contribution in [1.82, 2.24) is 25.3 Å². The largest absolute Gasteiger partial charge is 0.354 e. The Morgan fingerprint density at radius 2 is 2.00 bits per heavy atom. The van der Waals surface area contributed by atoms with Crippen LogP contribution in [0.5, 0.6) is 0 Å². The third kappa shape index (κ3) is 2.27. The summed E-state index contributed by atoms with van der Waals surface area (Å²) in [5, 5.41) is 24.2. The van der Waals surface area contributed by atoms with Crippen molar-refractivity contribution in [2.75, 3.05) is 11.9 Å². The van der Waals surface area contributed by atoms with E-state index in [1.54, 1.807) is 12.1 Å². The molecule has 98 valence electrons. The van der Waals surface area contributed by atoms with Crippen molar-refractivity contribution in [2.24, 2.45) is 0 Å². The summed E-state index contributed by atoms with van der Waals surface area (Å²) in [6.45, 7) is 0.687. The van der Waals surface area contributed by atoms with Crippen LogP contribution < -0.4 is 4.90 Å². The predicted octanol–water partition coefficient (Wildman–Crippen LogP) is 1.03. The Labute approximate surface area is 115 Å². The normalized spacial score (nSPS) is 10.4. The van der Waals surface area contributed by atoms with Crippen LogP contribution in [0.15, 0.2) is 36.4 Å². The Morgan fingerprint density at radius 3 is 2.75 bits per heavy atom. The van der Waals surface area contributed by atoms with Gasteiger partial charge in [-0.1, -0.05) is 12.1 Å². The molecule has 0 saturated carbocycles. The first-order valence-corrected chi connectivity index (χ1v) is 6.02. The zero-order valence-corrected chi connectivity index (χ0v) is 10.8. The van der Waals surface area contributed by atoms with Crippen LogP contribution in [0.1, 0.15) is 11.1 Å². The van der Waals surface area contributed by atoms with Gasteiger partial charge in [0, 0.05) is 13.6 Å². The van der Waals surface area contributed by atoms with Gasteiger partial charge >= 0.3 is 0 Å². The van der Waals surface area contributed by atoms with Gasteiger partial charge in [-0.25, -0.2) is 0 Å². The van der Waals surface area contributed by atoms with Crippen LogP contribution >= 0.6 is 0 Å². The second kappa shape index (κ2) is 4.93. The molecule has 2 aromatic heterocycles. The van der Waals surface area contributed by atoms with Gasteiger partial charge in [0.15, 0.2) is 11.5 Å². The number of benzene rings is 1. The van der Waals surface area contributed by atoms with Crippen molar-refractivity contribution in [3.63, 3.8) is 0 Å². The third-order valence-electron chi connectivity index (χ3n) is 2.95. The average Bonchev–Trinajstić information content (AvgIpc) is 2.95. The van der Waals surface area contributed by atoms with E-state index in [-0.39, 0.29) is 0 Å². The van der Waals surface area contributed by atoms with Gasteiger partial charge in [-0.15, -0.1) is 14.8 Å². The van der Waals surface area contributed by atoms with Gasteiger partial charge in [0.1, 0.15) is 0 Å². The molecule has 0 aliphatic heterocycles. The van der Waals surface area contributed by atoms with Crippen molar-refractivity contribution in [3.05, 3.63) is 47.5 Å². The number of rotatable bonds is 3.